The van der Waals surface area contributed by atoms with Crippen molar-refractivity contribution >= 4 is 33.3 Å². The van der Waals surface area contributed by atoms with Crippen molar-refractivity contribution < 1.29 is 9.47 Å². The number of rotatable bonds is 6. The van der Waals surface area contributed by atoms with E-state index >= 15 is 0 Å². The van der Waals surface area contributed by atoms with Gasteiger partial charge in [-0.15, -0.1) is 23.1 Å². The molecule has 0 saturated carbocycles. The Morgan fingerprint density at radius 3 is 2.81 bits per heavy atom. The number of fused-ring (bicyclic) bond motifs is 3. The fourth-order valence-electron chi connectivity index (χ4n) is 3.33. The van der Waals surface area contributed by atoms with E-state index in [9.17, 15) is 0 Å². The summed E-state index contributed by atoms with van der Waals surface area (Å²) in [6, 6.07) is 7.69. The second-order valence-corrected chi connectivity index (χ2v) is 8.75. The van der Waals surface area contributed by atoms with Gasteiger partial charge >= 0.3 is 0 Å². The number of hydrogen-bond acceptors (Lipinski definition) is 6. The molecule has 2 aromatic heterocycles. The Bertz CT molecular complexity index is 893. The molecule has 6 heteroatoms. The largest absolute Gasteiger partial charge is 0.497 e. The lowest BCUT2D eigenvalue weighted by Crippen LogP contribution is -2.08. The molecule has 1 aliphatic rings. The number of benzene rings is 1. The normalized spacial score (nSPS) is 16.5. The first-order valence-electron chi connectivity index (χ1n) is 8.89. The van der Waals surface area contributed by atoms with Gasteiger partial charge in [-0.05, 0) is 55.0 Å². The summed E-state index contributed by atoms with van der Waals surface area (Å²) in [5.41, 5.74) is 1.49. The fraction of sp³-hybridized carbons (Fsp3) is 0.400. The molecule has 0 unspecified atom stereocenters. The molecule has 0 spiro atoms. The van der Waals surface area contributed by atoms with Crippen molar-refractivity contribution in [2.75, 3.05) is 19.5 Å². The quantitative estimate of drug-likeness (QED) is 0.339. The van der Waals surface area contributed by atoms with Gasteiger partial charge in [0.2, 0.25) is 0 Å². The van der Waals surface area contributed by atoms with Crippen LogP contribution in [0.15, 0.2) is 35.6 Å². The van der Waals surface area contributed by atoms with Crippen LogP contribution in [0.25, 0.3) is 10.2 Å². The zero-order valence-corrected chi connectivity index (χ0v) is 16.7. The fourth-order valence-corrected chi connectivity index (χ4v) is 5.59. The molecule has 4 nitrogen and oxygen atoms in total. The van der Waals surface area contributed by atoms with Gasteiger partial charge in [0, 0.05) is 16.0 Å². The lowest BCUT2D eigenvalue weighted by molar-refractivity contribution is 0.342. The van der Waals surface area contributed by atoms with Crippen molar-refractivity contribution in [3.8, 4) is 11.5 Å². The molecular formula is C20H22N2O2S2. The van der Waals surface area contributed by atoms with Gasteiger partial charge in [-0.3, -0.25) is 0 Å². The molecule has 0 amide bonds. The molecule has 1 atom stereocenters. The molecule has 4 rings (SSSR count). The number of hydrogen-bond donors (Lipinski definition) is 0. The van der Waals surface area contributed by atoms with Gasteiger partial charge in [0.1, 0.15) is 27.7 Å². The summed E-state index contributed by atoms with van der Waals surface area (Å²) in [5.74, 6) is 3.34. The molecule has 3 aromatic rings. The van der Waals surface area contributed by atoms with Crippen LogP contribution in [0.2, 0.25) is 0 Å². The molecule has 1 aromatic carbocycles. The molecule has 1 aliphatic carbocycles. The zero-order chi connectivity index (χ0) is 17.9. The molecule has 26 heavy (non-hydrogen) atoms. The van der Waals surface area contributed by atoms with Crippen molar-refractivity contribution in [3.63, 3.8) is 0 Å². The van der Waals surface area contributed by atoms with E-state index in [1.807, 2.05) is 35.6 Å². The maximum Gasteiger partial charge on any atom is 0.128 e. The summed E-state index contributed by atoms with van der Waals surface area (Å²) >= 11 is 3.61. The average Bonchev–Trinajstić information content (AvgIpc) is 3.03. The number of thiophene rings is 1. The first kappa shape index (κ1) is 17.6. The molecule has 0 radical (unpaired) electrons. The third-order valence-corrected chi connectivity index (χ3v) is 6.82. The lowest BCUT2D eigenvalue weighted by atomic mass is 9.89. The van der Waals surface area contributed by atoms with Crippen LogP contribution in [0, 0.1) is 5.92 Å². The third-order valence-electron chi connectivity index (χ3n) is 4.71. The summed E-state index contributed by atoms with van der Waals surface area (Å²) in [7, 11) is 1.67. The Morgan fingerprint density at radius 1 is 1.19 bits per heavy atom. The van der Waals surface area contributed by atoms with Crippen molar-refractivity contribution in [2.45, 2.75) is 31.2 Å². The van der Waals surface area contributed by atoms with Crippen molar-refractivity contribution in [1.29, 1.82) is 0 Å². The number of nitrogens with zero attached hydrogens (tertiary/aromatic N) is 2. The predicted molar refractivity (Wildman–Crippen MR) is 108 cm³/mol. The van der Waals surface area contributed by atoms with Gasteiger partial charge in [0.25, 0.3) is 0 Å². The third kappa shape index (κ3) is 3.67. The molecule has 136 valence electrons. The Morgan fingerprint density at radius 2 is 2.00 bits per heavy atom. The maximum atomic E-state index is 5.83. The maximum absolute atomic E-state index is 5.83. The second kappa shape index (κ2) is 7.84. The van der Waals surface area contributed by atoms with Crippen molar-refractivity contribution in [3.05, 3.63) is 41.0 Å². The minimum Gasteiger partial charge on any atom is -0.497 e. The van der Waals surface area contributed by atoms with Crippen molar-refractivity contribution in [2.24, 2.45) is 5.92 Å². The summed E-state index contributed by atoms with van der Waals surface area (Å²) in [5, 5.41) is 2.38. The summed E-state index contributed by atoms with van der Waals surface area (Å²) in [4.78, 5) is 11.7. The van der Waals surface area contributed by atoms with Crippen LogP contribution in [0.3, 0.4) is 0 Å². The van der Waals surface area contributed by atoms with Gasteiger partial charge in [-0.25, -0.2) is 9.97 Å². The number of thioether (sulfide) groups is 1. The highest BCUT2D eigenvalue weighted by atomic mass is 32.2. The molecule has 0 fully saturated rings. The van der Waals surface area contributed by atoms with E-state index in [0.29, 0.717) is 6.61 Å². The summed E-state index contributed by atoms with van der Waals surface area (Å²) in [6.45, 7) is 2.98. The highest BCUT2D eigenvalue weighted by Crippen LogP contribution is 2.40. The number of methoxy groups -OCH3 is 1. The Balaban J connectivity index is 1.42. The first-order valence-corrected chi connectivity index (χ1v) is 10.7. The minimum absolute atomic E-state index is 0.645. The van der Waals surface area contributed by atoms with Gasteiger partial charge < -0.3 is 9.47 Å². The van der Waals surface area contributed by atoms with E-state index in [4.69, 9.17) is 9.47 Å². The standard InChI is InChI=1S/C20H22N2O2S2/c1-13-3-8-16-17(11-13)26-20-18(16)19(21-12-22-20)25-10-9-24-15-6-4-14(23-2)5-7-15/h4-7,12-13H,3,8-11H2,1-2H3/t13-/m0/s1. The van der Waals surface area contributed by atoms with Crippen LogP contribution in [0.5, 0.6) is 11.5 Å². The predicted octanol–water partition coefficient (Wildman–Crippen LogP) is 5.00. The van der Waals surface area contributed by atoms with Crippen LogP contribution in [-0.2, 0) is 12.8 Å². The molecule has 0 N–H and O–H groups in total. The smallest absolute Gasteiger partial charge is 0.128 e. The van der Waals surface area contributed by atoms with Crippen LogP contribution >= 0.6 is 23.1 Å². The van der Waals surface area contributed by atoms with E-state index in [1.54, 1.807) is 25.2 Å². The minimum atomic E-state index is 0.645. The highest BCUT2D eigenvalue weighted by molar-refractivity contribution is 7.99. The van der Waals surface area contributed by atoms with Crippen LogP contribution < -0.4 is 9.47 Å². The Labute approximate surface area is 162 Å². The summed E-state index contributed by atoms with van der Waals surface area (Å²) < 4.78 is 11.0. The van der Waals surface area contributed by atoms with Gasteiger partial charge in [-0.2, -0.15) is 0 Å². The topological polar surface area (TPSA) is 44.2 Å². The van der Waals surface area contributed by atoms with Gasteiger partial charge in [-0.1, -0.05) is 6.92 Å². The molecule has 0 bridgehead atoms. The molecule has 2 heterocycles. The van der Waals surface area contributed by atoms with E-state index in [-0.39, 0.29) is 0 Å². The Hall–Kier alpha value is -1.79. The van der Waals surface area contributed by atoms with Gasteiger partial charge in [0.15, 0.2) is 0 Å². The van der Waals surface area contributed by atoms with E-state index < -0.39 is 0 Å². The van der Waals surface area contributed by atoms with Crippen LogP contribution in [-0.4, -0.2) is 29.4 Å². The van der Waals surface area contributed by atoms with Crippen LogP contribution in [0.1, 0.15) is 23.8 Å². The van der Waals surface area contributed by atoms with Gasteiger partial charge in [0.05, 0.1) is 13.7 Å². The van der Waals surface area contributed by atoms with E-state index in [2.05, 4.69) is 16.9 Å². The number of aryl methyl sites for hydroxylation is 1. The Kier molecular flexibility index (Phi) is 5.31. The van der Waals surface area contributed by atoms with E-state index in [0.717, 1.165) is 39.4 Å². The summed E-state index contributed by atoms with van der Waals surface area (Å²) in [6.07, 6.45) is 5.29. The monoisotopic (exact) mass is 386 g/mol. The first-order chi connectivity index (χ1) is 12.7. The number of aromatic nitrogens is 2. The second-order valence-electron chi connectivity index (χ2n) is 6.58. The van der Waals surface area contributed by atoms with Crippen LogP contribution in [0.4, 0.5) is 0 Å². The average molecular weight is 387 g/mol. The number of ether oxygens (including phenoxy) is 2. The molecule has 0 aliphatic heterocycles. The molecular weight excluding hydrogens is 364 g/mol. The highest BCUT2D eigenvalue weighted by Gasteiger charge is 2.23. The zero-order valence-electron chi connectivity index (χ0n) is 15.0. The SMILES string of the molecule is COc1ccc(OCCSc2ncnc3sc4c(c23)CC[C@H](C)C4)cc1. The van der Waals surface area contributed by atoms with E-state index in [1.165, 1.54) is 28.7 Å². The van der Waals surface area contributed by atoms with Crippen molar-refractivity contribution in [1.82, 2.24) is 9.97 Å². The molecule has 0 saturated heterocycles. The lowest BCUT2D eigenvalue weighted by Gasteiger charge is -2.18.